The van der Waals surface area contributed by atoms with Gasteiger partial charge in [0.25, 0.3) is 0 Å². The van der Waals surface area contributed by atoms with Gasteiger partial charge in [-0.2, -0.15) is 0 Å². The first-order valence-corrected chi connectivity index (χ1v) is 17.5. The second kappa shape index (κ2) is 15.9. The molecule has 4 unspecified atom stereocenters. The maximum absolute atomic E-state index is 9.71. The third-order valence-corrected chi connectivity index (χ3v) is 10.4. The fourth-order valence-electron chi connectivity index (χ4n) is 6.46. The first-order valence-electron chi connectivity index (χ1n) is 14.5. The number of hydrogen-bond acceptors (Lipinski definition) is 6. The molecule has 0 saturated carbocycles. The highest BCUT2D eigenvalue weighted by Crippen LogP contribution is 2.45. The van der Waals surface area contributed by atoms with Gasteiger partial charge in [-0.05, 0) is 51.4 Å². The van der Waals surface area contributed by atoms with Crippen molar-refractivity contribution >= 4 is 45.2 Å². The predicted octanol–water partition coefficient (Wildman–Crippen LogP) is 6.14. The van der Waals surface area contributed by atoms with E-state index in [1.54, 1.807) is 0 Å². The summed E-state index contributed by atoms with van der Waals surface area (Å²) in [5.74, 6) is 0. The molecule has 0 bridgehead atoms. The summed E-state index contributed by atoms with van der Waals surface area (Å²) in [6.07, 6.45) is 16.8. The van der Waals surface area contributed by atoms with E-state index in [0.717, 1.165) is 36.5 Å². The van der Waals surface area contributed by atoms with E-state index in [1.165, 1.54) is 55.8 Å². The van der Waals surface area contributed by atoms with Crippen LogP contribution in [-0.2, 0) is 18.9 Å². The molecule has 4 heterocycles. The quantitative estimate of drug-likeness (QED) is 0.186. The van der Waals surface area contributed by atoms with E-state index in [1.807, 2.05) is 0 Å². The largest absolute Gasteiger partial charge is 0.396 e. The van der Waals surface area contributed by atoms with Crippen molar-refractivity contribution in [3.05, 3.63) is 0 Å². The van der Waals surface area contributed by atoms with Crippen molar-refractivity contribution in [2.45, 2.75) is 152 Å². The Morgan fingerprint density at radius 1 is 0.694 bits per heavy atom. The van der Waals surface area contributed by atoms with E-state index >= 15 is 0 Å². The number of fused-ring (bicyclic) bond motifs is 2. The normalized spacial score (nSPS) is 39.8. The van der Waals surface area contributed by atoms with Gasteiger partial charge >= 0.3 is 0 Å². The molecule has 4 saturated heterocycles. The molecular formula is C28H50I2O6. The summed E-state index contributed by atoms with van der Waals surface area (Å²) >= 11 is 4.95. The van der Waals surface area contributed by atoms with E-state index in [9.17, 15) is 5.11 Å². The van der Waals surface area contributed by atoms with Crippen LogP contribution in [0.1, 0.15) is 104 Å². The molecule has 0 amide bonds. The fourth-order valence-corrected chi connectivity index (χ4v) is 8.14. The number of ether oxygens (including phenoxy) is 4. The Labute approximate surface area is 246 Å². The molecule has 2 N–H and O–H groups in total. The summed E-state index contributed by atoms with van der Waals surface area (Å²) in [7, 11) is 0. The minimum absolute atomic E-state index is 0.0300. The Morgan fingerprint density at radius 3 is 1.72 bits per heavy atom. The summed E-state index contributed by atoms with van der Waals surface area (Å²) in [5.41, 5.74) is -0.468. The number of aliphatic hydroxyl groups is 2. The number of rotatable bonds is 12. The summed E-state index contributed by atoms with van der Waals surface area (Å²) in [6, 6.07) is 0. The topological polar surface area (TPSA) is 77.4 Å². The minimum Gasteiger partial charge on any atom is -0.396 e. The second-order valence-corrected chi connectivity index (χ2v) is 13.1. The van der Waals surface area contributed by atoms with Gasteiger partial charge in [0.1, 0.15) is 11.2 Å². The van der Waals surface area contributed by atoms with Crippen molar-refractivity contribution < 1.29 is 29.2 Å². The van der Waals surface area contributed by atoms with Gasteiger partial charge < -0.3 is 29.2 Å². The Balaban J connectivity index is 0.000000201. The van der Waals surface area contributed by atoms with Crippen LogP contribution in [-0.4, -0.2) is 80.1 Å². The van der Waals surface area contributed by atoms with Gasteiger partial charge in [0.05, 0.1) is 43.2 Å². The first kappa shape index (κ1) is 31.7. The molecule has 0 aromatic heterocycles. The lowest BCUT2D eigenvalue weighted by atomic mass is 9.86. The van der Waals surface area contributed by atoms with Gasteiger partial charge in [0.15, 0.2) is 0 Å². The molecule has 4 fully saturated rings. The maximum Gasteiger partial charge on any atom is 0.120 e. The van der Waals surface area contributed by atoms with Crippen molar-refractivity contribution in [1.29, 1.82) is 0 Å². The van der Waals surface area contributed by atoms with E-state index in [2.05, 4.69) is 59.0 Å². The molecule has 0 aromatic carbocycles. The molecule has 6 nitrogen and oxygen atoms in total. The third kappa shape index (κ3) is 8.13. The lowest BCUT2D eigenvalue weighted by Crippen LogP contribution is -2.51. The average molecular weight is 737 g/mol. The van der Waals surface area contributed by atoms with Gasteiger partial charge in [-0.3, -0.25) is 0 Å². The molecule has 0 aliphatic carbocycles. The van der Waals surface area contributed by atoms with Gasteiger partial charge in [0, 0.05) is 28.3 Å². The molecule has 212 valence electrons. The molecule has 4 aliphatic heterocycles. The van der Waals surface area contributed by atoms with Crippen molar-refractivity contribution in [2.75, 3.05) is 22.1 Å². The van der Waals surface area contributed by atoms with Crippen LogP contribution < -0.4 is 0 Å². The van der Waals surface area contributed by atoms with Crippen molar-refractivity contribution in [3.63, 3.8) is 0 Å². The summed E-state index contributed by atoms with van der Waals surface area (Å²) in [4.78, 5) is 0. The van der Waals surface area contributed by atoms with Crippen LogP contribution in [0.2, 0.25) is 0 Å². The summed E-state index contributed by atoms with van der Waals surface area (Å²) in [6.45, 7) is 4.61. The third-order valence-electron chi connectivity index (χ3n) is 8.47. The molecule has 36 heavy (non-hydrogen) atoms. The Bertz CT molecular complexity index is 575. The van der Waals surface area contributed by atoms with E-state index in [0.29, 0.717) is 24.7 Å². The minimum atomic E-state index is -0.503. The molecular weight excluding hydrogens is 686 g/mol. The van der Waals surface area contributed by atoms with Crippen LogP contribution in [0.15, 0.2) is 0 Å². The van der Waals surface area contributed by atoms with Gasteiger partial charge in [-0.25, -0.2) is 0 Å². The number of alkyl halides is 2. The zero-order chi connectivity index (χ0) is 26.0. The van der Waals surface area contributed by atoms with Crippen molar-refractivity contribution in [2.24, 2.45) is 0 Å². The number of aliphatic hydroxyl groups excluding tert-OH is 2. The van der Waals surface area contributed by atoms with E-state index in [-0.39, 0.29) is 37.1 Å². The molecule has 4 aliphatic rings. The number of unbranched alkanes of at least 4 members (excludes halogenated alkanes) is 2. The fraction of sp³-hybridized carbons (Fsp3) is 1.00. The molecule has 4 rings (SSSR count). The maximum atomic E-state index is 9.71. The highest BCUT2D eigenvalue weighted by atomic mass is 127. The van der Waals surface area contributed by atoms with Gasteiger partial charge in [-0.15, -0.1) is 0 Å². The van der Waals surface area contributed by atoms with Crippen LogP contribution in [0.3, 0.4) is 0 Å². The zero-order valence-electron chi connectivity index (χ0n) is 22.5. The van der Waals surface area contributed by atoms with Gasteiger partial charge in [-0.1, -0.05) is 84.7 Å². The number of halogens is 2. The number of hydrogen-bond donors (Lipinski definition) is 2. The van der Waals surface area contributed by atoms with Crippen LogP contribution in [0.5, 0.6) is 0 Å². The highest BCUT2D eigenvalue weighted by Gasteiger charge is 2.53. The van der Waals surface area contributed by atoms with Crippen LogP contribution in [0, 0.1) is 0 Å². The summed E-state index contributed by atoms with van der Waals surface area (Å²) in [5, 5.41) is 18.7. The van der Waals surface area contributed by atoms with Crippen LogP contribution in [0.25, 0.3) is 0 Å². The molecule has 8 atom stereocenters. The van der Waals surface area contributed by atoms with Crippen molar-refractivity contribution in [3.8, 4) is 0 Å². The monoisotopic (exact) mass is 736 g/mol. The summed E-state index contributed by atoms with van der Waals surface area (Å²) < 4.78 is 27.1. The standard InChI is InChI=1S/C14H24I2O2.C14H26O4/c2*1-2-3-4-12-9-14(10-16)13(17-12)6-5-11(18-14)7-8-15/h11-13H,2-10H2,1H3;11-13,15-16H,2-10H2,1H3/t2*11?,12-,13-,14?/m00/s1. The predicted molar refractivity (Wildman–Crippen MR) is 160 cm³/mol. The van der Waals surface area contributed by atoms with E-state index < -0.39 is 5.60 Å². The highest BCUT2D eigenvalue weighted by molar-refractivity contribution is 14.1. The zero-order valence-corrected chi connectivity index (χ0v) is 26.8. The van der Waals surface area contributed by atoms with E-state index in [4.69, 9.17) is 24.1 Å². The molecule has 8 heteroatoms. The average Bonchev–Trinajstić information content (AvgIpc) is 3.45. The smallest absolute Gasteiger partial charge is 0.120 e. The molecule has 0 aromatic rings. The lowest BCUT2D eigenvalue weighted by Gasteiger charge is -2.41. The van der Waals surface area contributed by atoms with Crippen LogP contribution in [0.4, 0.5) is 0 Å². The molecule has 0 spiro atoms. The SMILES string of the molecule is CCCC[C@H]1CC2(CI)OC(CCI)CC[C@@H]2O1.CCCC[C@H]1CC2(CO)OC(CCO)CC[C@@H]2O1. The Kier molecular flexibility index (Phi) is 14.0. The van der Waals surface area contributed by atoms with Crippen molar-refractivity contribution in [1.82, 2.24) is 0 Å². The Morgan fingerprint density at radius 2 is 1.22 bits per heavy atom. The van der Waals surface area contributed by atoms with Gasteiger partial charge in [0.2, 0.25) is 0 Å². The lowest BCUT2D eigenvalue weighted by molar-refractivity contribution is -0.185. The molecule has 0 radical (unpaired) electrons. The van der Waals surface area contributed by atoms with Crippen LogP contribution >= 0.6 is 45.2 Å². The second-order valence-electron chi connectivity index (χ2n) is 11.2. The first-order chi connectivity index (χ1) is 17.5. The Hall–Kier alpha value is 1.22.